The Morgan fingerprint density at radius 2 is 1.97 bits per heavy atom. The van der Waals surface area contributed by atoms with E-state index < -0.39 is 17.5 Å². The lowest BCUT2D eigenvalue weighted by molar-refractivity contribution is 0.245. The third kappa shape index (κ3) is 3.73. The summed E-state index contributed by atoms with van der Waals surface area (Å²) in [6.45, 7) is 1.02. The largest absolute Gasteiger partial charge is 0.461 e. The van der Waals surface area contributed by atoms with Crippen LogP contribution in [0.5, 0.6) is 0 Å². The van der Waals surface area contributed by atoms with Crippen LogP contribution in [0, 0.1) is 17.5 Å². The molecular formula is C20H19F3N8O. The van der Waals surface area contributed by atoms with Gasteiger partial charge in [0.05, 0.1) is 6.26 Å². The zero-order valence-electron chi connectivity index (χ0n) is 16.8. The molecule has 1 aliphatic heterocycles. The van der Waals surface area contributed by atoms with Gasteiger partial charge in [0.1, 0.15) is 5.82 Å². The number of nitrogens with one attached hydrogen (secondary N) is 1. The molecule has 0 spiro atoms. The molecule has 9 nitrogen and oxygen atoms in total. The van der Waals surface area contributed by atoms with Crippen molar-refractivity contribution in [1.82, 2.24) is 29.5 Å². The zero-order valence-corrected chi connectivity index (χ0v) is 16.8. The molecule has 5 rings (SSSR count). The molecule has 0 radical (unpaired) electrons. The first-order valence-corrected chi connectivity index (χ1v) is 10.0. The lowest BCUT2D eigenvalue weighted by Crippen LogP contribution is -2.35. The first kappa shape index (κ1) is 20.2. The fourth-order valence-electron chi connectivity index (χ4n) is 3.86. The minimum Gasteiger partial charge on any atom is -0.461 e. The first-order chi connectivity index (χ1) is 15.5. The van der Waals surface area contributed by atoms with E-state index in [1.165, 1.54) is 10.8 Å². The van der Waals surface area contributed by atoms with E-state index in [1.807, 2.05) is 4.90 Å². The van der Waals surface area contributed by atoms with Gasteiger partial charge >= 0.3 is 0 Å². The van der Waals surface area contributed by atoms with Crippen molar-refractivity contribution in [2.45, 2.75) is 25.4 Å². The Labute approximate surface area is 180 Å². The van der Waals surface area contributed by atoms with E-state index in [0.717, 1.165) is 25.0 Å². The molecule has 1 fully saturated rings. The summed E-state index contributed by atoms with van der Waals surface area (Å²) in [5.74, 6) is -1.57. The first-order valence-electron chi connectivity index (χ1n) is 10.0. The van der Waals surface area contributed by atoms with Gasteiger partial charge in [0.2, 0.25) is 17.7 Å². The summed E-state index contributed by atoms with van der Waals surface area (Å²) in [7, 11) is 0. The monoisotopic (exact) mass is 444 g/mol. The minimum absolute atomic E-state index is 0.0273. The molecule has 1 atom stereocenters. The van der Waals surface area contributed by atoms with Crippen molar-refractivity contribution < 1.29 is 17.6 Å². The van der Waals surface area contributed by atoms with Gasteiger partial charge in [-0.3, -0.25) is 4.90 Å². The number of aromatic nitrogens is 5. The van der Waals surface area contributed by atoms with E-state index in [-0.39, 0.29) is 35.8 Å². The third-order valence-corrected chi connectivity index (χ3v) is 5.47. The summed E-state index contributed by atoms with van der Waals surface area (Å²) in [6.07, 6.45) is 3.17. The molecule has 3 aromatic heterocycles. The average molecular weight is 444 g/mol. The molecule has 166 valence electrons. The maximum Gasteiger partial charge on any atom is 0.259 e. The maximum absolute atomic E-state index is 14.1. The van der Waals surface area contributed by atoms with Crippen LogP contribution in [0.2, 0.25) is 0 Å². The smallest absolute Gasteiger partial charge is 0.259 e. The molecule has 1 aliphatic rings. The number of nitrogens with zero attached hydrogens (tertiary/aromatic N) is 6. The van der Waals surface area contributed by atoms with Crippen LogP contribution in [0.1, 0.15) is 18.4 Å². The van der Waals surface area contributed by atoms with Gasteiger partial charge in [0.15, 0.2) is 17.4 Å². The Bertz CT molecular complexity index is 1260. The molecule has 0 unspecified atom stereocenters. The van der Waals surface area contributed by atoms with Gasteiger partial charge in [-0.1, -0.05) is 0 Å². The van der Waals surface area contributed by atoms with Crippen LogP contribution >= 0.6 is 0 Å². The zero-order chi connectivity index (χ0) is 22.2. The normalized spacial score (nSPS) is 16.8. The Hall–Kier alpha value is -3.67. The van der Waals surface area contributed by atoms with E-state index in [0.29, 0.717) is 24.7 Å². The Morgan fingerprint density at radius 1 is 1.12 bits per heavy atom. The fraction of sp³-hybridized carbons (Fsp3) is 0.300. The number of hydrogen-bond acceptors (Lipinski definition) is 8. The van der Waals surface area contributed by atoms with E-state index in [2.05, 4.69) is 25.4 Å². The standard InChI is InChI=1S/C20H19F3N8O/c21-13-5-6-14(22)16(23)12(13)10-30-7-1-3-11(30)9-25-19-27-18(24)31-20(28-19)26-17(29-31)15-4-2-8-32-15/h2,4-6,8,11H,1,3,7,9-10H2,(H3,24,25,26,27,28,29)/t11-/m1/s1. The number of halogens is 3. The molecule has 4 heterocycles. The number of furan rings is 1. The lowest BCUT2D eigenvalue weighted by atomic mass is 10.1. The molecular weight excluding hydrogens is 425 g/mol. The van der Waals surface area contributed by atoms with Crippen molar-refractivity contribution in [3.05, 3.63) is 53.5 Å². The van der Waals surface area contributed by atoms with Crippen LogP contribution in [0.4, 0.5) is 25.1 Å². The van der Waals surface area contributed by atoms with Crippen LogP contribution in [0.3, 0.4) is 0 Å². The van der Waals surface area contributed by atoms with E-state index in [4.69, 9.17) is 10.2 Å². The third-order valence-electron chi connectivity index (χ3n) is 5.47. The quantitative estimate of drug-likeness (QED) is 0.437. The molecule has 32 heavy (non-hydrogen) atoms. The molecule has 3 N–H and O–H groups in total. The second kappa shape index (κ2) is 8.11. The van der Waals surface area contributed by atoms with Gasteiger partial charge in [-0.25, -0.2) is 13.2 Å². The topological polar surface area (TPSA) is 110 Å². The number of anilines is 2. The Morgan fingerprint density at radius 3 is 2.78 bits per heavy atom. The predicted molar refractivity (Wildman–Crippen MR) is 109 cm³/mol. The molecule has 0 saturated carbocycles. The van der Waals surface area contributed by atoms with Crippen molar-refractivity contribution in [1.29, 1.82) is 0 Å². The average Bonchev–Trinajstić information content (AvgIpc) is 3.53. The van der Waals surface area contributed by atoms with Crippen molar-refractivity contribution in [2.24, 2.45) is 0 Å². The van der Waals surface area contributed by atoms with Crippen molar-refractivity contribution in [3.8, 4) is 11.6 Å². The fourth-order valence-corrected chi connectivity index (χ4v) is 3.86. The van der Waals surface area contributed by atoms with E-state index >= 15 is 0 Å². The Balaban J connectivity index is 1.31. The molecule has 1 saturated heterocycles. The molecule has 4 aromatic rings. The second-order valence-corrected chi connectivity index (χ2v) is 7.50. The van der Waals surface area contributed by atoms with Crippen LogP contribution in [0.25, 0.3) is 17.4 Å². The summed E-state index contributed by atoms with van der Waals surface area (Å²) in [6, 6.07) is 5.12. The van der Waals surface area contributed by atoms with Crippen LogP contribution in [-0.4, -0.2) is 48.6 Å². The van der Waals surface area contributed by atoms with Gasteiger partial charge < -0.3 is 15.5 Å². The van der Waals surface area contributed by atoms with Crippen molar-refractivity contribution in [3.63, 3.8) is 0 Å². The summed E-state index contributed by atoms with van der Waals surface area (Å²) in [4.78, 5) is 14.8. The summed E-state index contributed by atoms with van der Waals surface area (Å²) >= 11 is 0. The van der Waals surface area contributed by atoms with Crippen LogP contribution in [-0.2, 0) is 6.54 Å². The number of hydrogen-bond donors (Lipinski definition) is 2. The second-order valence-electron chi connectivity index (χ2n) is 7.50. The van der Waals surface area contributed by atoms with Gasteiger partial charge in [0, 0.05) is 24.7 Å². The number of rotatable bonds is 6. The van der Waals surface area contributed by atoms with Crippen LogP contribution < -0.4 is 11.1 Å². The lowest BCUT2D eigenvalue weighted by Gasteiger charge is -2.25. The maximum atomic E-state index is 14.1. The van der Waals surface area contributed by atoms with E-state index in [1.54, 1.807) is 12.1 Å². The highest BCUT2D eigenvalue weighted by molar-refractivity contribution is 5.52. The SMILES string of the molecule is Nc1nc(NC[C@H]2CCCN2Cc2c(F)ccc(F)c2F)nc2nc(-c3ccco3)nn12. The molecule has 12 heteroatoms. The number of likely N-dealkylation sites (tertiary alicyclic amines) is 1. The molecule has 0 amide bonds. The summed E-state index contributed by atoms with van der Waals surface area (Å²) in [5.41, 5.74) is 5.72. The number of nitrogens with two attached hydrogens (primary N) is 1. The predicted octanol–water partition coefficient (Wildman–Crippen LogP) is 2.86. The minimum atomic E-state index is -1.15. The van der Waals surface area contributed by atoms with Gasteiger partial charge in [-0.05, 0) is 43.7 Å². The Kier molecular flexibility index (Phi) is 5.13. The summed E-state index contributed by atoms with van der Waals surface area (Å²) in [5, 5.41) is 7.35. The van der Waals surface area contributed by atoms with Gasteiger partial charge in [-0.2, -0.15) is 19.5 Å². The van der Waals surface area contributed by atoms with Gasteiger partial charge in [0.25, 0.3) is 5.78 Å². The highest BCUT2D eigenvalue weighted by atomic mass is 19.2. The number of benzene rings is 1. The highest BCUT2D eigenvalue weighted by Gasteiger charge is 2.27. The molecule has 0 bridgehead atoms. The number of nitrogen functional groups attached to an aromatic ring is 1. The van der Waals surface area contributed by atoms with Crippen molar-refractivity contribution >= 4 is 17.7 Å². The molecule has 0 aliphatic carbocycles. The number of fused-ring (bicyclic) bond motifs is 1. The summed E-state index contributed by atoms with van der Waals surface area (Å²) < 4.78 is 48.3. The van der Waals surface area contributed by atoms with E-state index in [9.17, 15) is 13.2 Å². The highest BCUT2D eigenvalue weighted by Crippen LogP contribution is 2.24. The van der Waals surface area contributed by atoms with Crippen LogP contribution in [0.15, 0.2) is 34.9 Å². The van der Waals surface area contributed by atoms with Crippen molar-refractivity contribution in [2.75, 3.05) is 24.1 Å². The molecule has 1 aromatic carbocycles. The van der Waals surface area contributed by atoms with Gasteiger partial charge in [-0.15, -0.1) is 5.10 Å².